The molecule has 0 heterocycles. The lowest BCUT2D eigenvalue weighted by molar-refractivity contribution is 0.0924. The average molecular weight is 290 g/mol. The van der Waals surface area contributed by atoms with E-state index >= 15 is 0 Å². The first kappa shape index (κ1) is 14.6. The van der Waals surface area contributed by atoms with Gasteiger partial charge in [0, 0.05) is 6.54 Å². The fourth-order valence-corrected chi connectivity index (χ4v) is 2.05. The third-order valence-electron chi connectivity index (χ3n) is 2.88. The van der Waals surface area contributed by atoms with Crippen molar-refractivity contribution in [3.8, 4) is 11.1 Å². The number of aliphatic hydroxyl groups is 1. The van der Waals surface area contributed by atoms with Gasteiger partial charge in [0.2, 0.25) is 0 Å². The van der Waals surface area contributed by atoms with Crippen LogP contribution in [0, 0.1) is 0 Å². The molecule has 0 saturated heterocycles. The van der Waals surface area contributed by atoms with E-state index in [1.165, 1.54) is 0 Å². The van der Waals surface area contributed by atoms with Gasteiger partial charge in [0.25, 0.3) is 5.91 Å². The molecule has 0 radical (unpaired) electrons. The molecule has 1 atom stereocenters. The Morgan fingerprint density at radius 2 is 1.90 bits per heavy atom. The second kappa shape index (κ2) is 6.55. The lowest BCUT2D eigenvalue weighted by Gasteiger charge is -2.10. The summed E-state index contributed by atoms with van der Waals surface area (Å²) < 4.78 is 0. The molecule has 0 aliphatic rings. The highest BCUT2D eigenvalue weighted by Crippen LogP contribution is 2.25. The van der Waals surface area contributed by atoms with E-state index in [0.717, 1.165) is 11.1 Å². The molecule has 1 unspecified atom stereocenters. The van der Waals surface area contributed by atoms with Gasteiger partial charge in [-0.2, -0.15) is 0 Å². The van der Waals surface area contributed by atoms with Gasteiger partial charge >= 0.3 is 0 Å². The van der Waals surface area contributed by atoms with Gasteiger partial charge in [-0.3, -0.25) is 4.79 Å². The number of amides is 1. The highest BCUT2D eigenvalue weighted by atomic mass is 35.5. The summed E-state index contributed by atoms with van der Waals surface area (Å²) in [5.74, 6) is -0.284. The van der Waals surface area contributed by atoms with E-state index in [1.807, 2.05) is 36.4 Å². The first-order valence-electron chi connectivity index (χ1n) is 6.39. The third kappa shape index (κ3) is 3.59. The Morgan fingerprint density at radius 1 is 1.20 bits per heavy atom. The normalized spacial score (nSPS) is 11.9. The molecule has 0 spiro atoms. The third-order valence-corrected chi connectivity index (χ3v) is 3.21. The second-order valence-electron chi connectivity index (χ2n) is 4.62. The topological polar surface area (TPSA) is 49.3 Å². The highest BCUT2D eigenvalue weighted by Gasteiger charge is 2.12. The fraction of sp³-hybridized carbons (Fsp3) is 0.188. The maximum atomic E-state index is 12.0. The fourth-order valence-electron chi connectivity index (χ4n) is 1.85. The molecule has 2 aromatic rings. The summed E-state index contributed by atoms with van der Waals surface area (Å²) >= 11 is 6.07. The molecule has 2 N–H and O–H groups in total. The number of halogens is 1. The van der Waals surface area contributed by atoms with E-state index in [0.29, 0.717) is 10.6 Å². The summed E-state index contributed by atoms with van der Waals surface area (Å²) in [6.07, 6.45) is -0.588. The van der Waals surface area contributed by atoms with Gasteiger partial charge in [0.05, 0.1) is 16.7 Å². The molecule has 2 aromatic carbocycles. The van der Waals surface area contributed by atoms with E-state index in [4.69, 9.17) is 11.6 Å². The van der Waals surface area contributed by atoms with Crippen molar-refractivity contribution in [2.75, 3.05) is 6.54 Å². The molecule has 4 heteroatoms. The number of nitrogens with one attached hydrogen (secondary N) is 1. The largest absolute Gasteiger partial charge is 0.392 e. The maximum absolute atomic E-state index is 12.0. The van der Waals surface area contributed by atoms with Crippen LogP contribution in [0.5, 0.6) is 0 Å². The summed E-state index contributed by atoms with van der Waals surface area (Å²) in [6.45, 7) is 1.81. The Kier molecular flexibility index (Phi) is 4.77. The summed E-state index contributed by atoms with van der Waals surface area (Å²) in [6, 6.07) is 15.1. The molecule has 0 bridgehead atoms. The Hall–Kier alpha value is -1.84. The summed E-state index contributed by atoms with van der Waals surface area (Å²) in [5.41, 5.74) is 2.36. The molecule has 2 rings (SSSR count). The smallest absolute Gasteiger partial charge is 0.252 e. The van der Waals surface area contributed by atoms with Gasteiger partial charge in [-0.1, -0.05) is 48.0 Å². The van der Waals surface area contributed by atoms with Crippen LogP contribution < -0.4 is 5.32 Å². The van der Waals surface area contributed by atoms with Crippen molar-refractivity contribution in [1.29, 1.82) is 0 Å². The standard InChI is InChI=1S/C16H16ClNO2/c1-11(19)10-18-16(20)14-9-13(7-8-15(14)17)12-5-3-2-4-6-12/h2-9,11,19H,10H2,1H3,(H,18,20). The highest BCUT2D eigenvalue weighted by molar-refractivity contribution is 6.34. The zero-order valence-corrected chi connectivity index (χ0v) is 11.9. The predicted octanol–water partition coefficient (Wildman–Crippen LogP) is 3.12. The first-order valence-corrected chi connectivity index (χ1v) is 6.77. The maximum Gasteiger partial charge on any atom is 0.252 e. The average Bonchev–Trinajstić information content (AvgIpc) is 2.46. The molecule has 0 saturated carbocycles. The van der Waals surface area contributed by atoms with Gasteiger partial charge in [-0.25, -0.2) is 0 Å². The molecule has 1 amide bonds. The van der Waals surface area contributed by atoms with Crippen LogP contribution in [-0.2, 0) is 0 Å². The number of aliphatic hydroxyl groups excluding tert-OH is 1. The van der Waals surface area contributed by atoms with Crippen molar-refractivity contribution in [2.45, 2.75) is 13.0 Å². The Bertz CT molecular complexity index is 597. The minimum absolute atomic E-state index is 0.199. The monoisotopic (exact) mass is 289 g/mol. The van der Waals surface area contributed by atoms with E-state index in [2.05, 4.69) is 5.32 Å². The molecule has 104 valence electrons. The minimum Gasteiger partial charge on any atom is -0.392 e. The zero-order chi connectivity index (χ0) is 14.5. The molecule has 0 fully saturated rings. The summed E-state index contributed by atoms with van der Waals surface area (Å²) in [5, 5.41) is 12.2. The van der Waals surface area contributed by atoms with Gasteiger partial charge in [0.15, 0.2) is 0 Å². The number of rotatable bonds is 4. The van der Waals surface area contributed by atoms with E-state index < -0.39 is 6.10 Å². The van der Waals surface area contributed by atoms with Gasteiger partial charge in [0.1, 0.15) is 0 Å². The molecule has 0 aliphatic carbocycles. The van der Waals surface area contributed by atoms with Crippen molar-refractivity contribution in [3.63, 3.8) is 0 Å². The summed E-state index contributed by atoms with van der Waals surface area (Å²) in [4.78, 5) is 12.0. The van der Waals surface area contributed by atoms with Crippen LogP contribution in [-0.4, -0.2) is 23.7 Å². The number of carbonyl (C=O) groups is 1. The molecule has 0 aromatic heterocycles. The van der Waals surface area contributed by atoms with Crippen LogP contribution in [0.3, 0.4) is 0 Å². The van der Waals surface area contributed by atoms with Crippen LogP contribution in [0.1, 0.15) is 17.3 Å². The SMILES string of the molecule is CC(O)CNC(=O)c1cc(-c2ccccc2)ccc1Cl. The minimum atomic E-state index is -0.588. The quantitative estimate of drug-likeness (QED) is 0.908. The Morgan fingerprint density at radius 3 is 2.55 bits per heavy atom. The van der Waals surface area contributed by atoms with Crippen LogP contribution in [0.4, 0.5) is 0 Å². The van der Waals surface area contributed by atoms with Crippen molar-refractivity contribution < 1.29 is 9.90 Å². The van der Waals surface area contributed by atoms with E-state index in [1.54, 1.807) is 19.1 Å². The van der Waals surface area contributed by atoms with Crippen LogP contribution in [0.25, 0.3) is 11.1 Å². The van der Waals surface area contributed by atoms with Crippen molar-refractivity contribution in [1.82, 2.24) is 5.32 Å². The Labute approximate surface area is 123 Å². The van der Waals surface area contributed by atoms with Crippen LogP contribution in [0.2, 0.25) is 5.02 Å². The van der Waals surface area contributed by atoms with Crippen molar-refractivity contribution in [2.24, 2.45) is 0 Å². The summed E-state index contributed by atoms with van der Waals surface area (Å²) in [7, 11) is 0. The van der Waals surface area contributed by atoms with Gasteiger partial charge in [-0.05, 0) is 30.2 Å². The molecular weight excluding hydrogens is 274 g/mol. The molecule has 20 heavy (non-hydrogen) atoms. The zero-order valence-electron chi connectivity index (χ0n) is 11.1. The number of hydrogen-bond donors (Lipinski definition) is 2. The van der Waals surface area contributed by atoms with E-state index in [-0.39, 0.29) is 12.5 Å². The van der Waals surface area contributed by atoms with Crippen molar-refractivity contribution in [3.05, 3.63) is 59.1 Å². The molecule has 3 nitrogen and oxygen atoms in total. The van der Waals surface area contributed by atoms with E-state index in [9.17, 15) is 9.90 Å². The number of carbonyl (C=O) groups excluding carboxylic acids is 1. The van der Waals surface area contributed by atoms with Crippen LogP contribution in [0.15, 0.2) is 48.5 Å². The van der Waals surface area contributed by atoms with Crippen molar-refractivity contribution >= 4 is 17.5 Å². The lowest BCUT2D eigenvalue weighted by Crippen LogP contribution is -2.30. The molecule has 0 aliphatic heterocycles. The van der Waals surface area contributed by atoms with Gasteiger partial charge in [-0.15, -0.1) is 0 Å². The lowest BCUT2D eigenvalue weighted by atomic mass is 10.0. The first-order chi connectivity index (χ1) is 9.58. The van der Waals surface area contributed by atoms with Crippen LogP contribution >= 0.6 is 11.6 Å². The number of hydrogen-bond acceptors (Lipinski definition) is 2. The Balaban J connectivity index is 2.27. The number of benzene rings is 2. The second-order valence-corrected chi connectivity index (χ2v) is 5.03. The van der Waals surface area contributed by atoms with Gasteiger partial charge < -0.3 is 10.4 Å². The predicted molar refractivity (Wildman–Crippen MR) is 80.9 cm³/mol. The molecular formula is C16H16ClNO2.